The average molecular weight is 384 g/mol. The Balaban J connectivity index is 2.42. The van der Waals surface area contributed by atoms with Crippen molar-refractivity contribution in [2.45, 2.75) is 0 Å². The summed E-state index contributed by atoms with van der Waals surface area (Å²) < 4.78 is 23.9. The van der Waals surface area contributed by atoms with Gasteiger partial charge < -0.3 is 9.47 Å². The maximum atomic E-state index is 13.9. The molecular formula is C16H8Cl2FNO5. The van der Waals surface area contributed by atoms with Crippen LogP contribution < -0.4 is 4.74 Å². The van der Waals surface area contributed by atoms with Gasteiger partial charge in [0.2, 0.25) is 0 Å². The molecule has 2 rings (SSSR count). The summed E-state index contributed by atoms with van der Waals surface area (Å²) in [5.41, 5.74) is -0.916. The van der Waals surface area contributed by atoms with Crippen LogP contribution in [-0.2, 0) is 4.74 Å². The summed E-state index contributed by atoms with van der Waals surface area (Å²) in [5.74, 6) is -0.201. The lowest BCUT2D eigenvalue weighted by Gasteiger charge is -2.10. The van der Waals surface area contributed by atoms with Crippen molar-refractivity contribution in [1.29, 1.82) is 0 Å². The van der Waals surface area contributed by atoms with Crippen LogP contribution in [0.5, 0.6) is 11.5 Å². The molecule has 128 valence electrons. The van der Waals surface area contributed by atoms with Gasteiger partial charge in [0.15, 0.2) is 18.2 Å². The highest BCUT2D eigenvalue weighted by atomic mass is 35.5. The smallest absolute Gasteiger partial charge is 0.346 e. The molecule has 0 aliphatic heterocycles. The highest BCUT2D eigenvalue weighted by molar-refractivity contribution is 6.35. The molecule has 0 bridgehead atoms. The SMILES string of the molecule is C#CCOC(=O)c1cc(Oc2c(F)cc(Cl)cc2Cl)ccc1[N+](=O)[O-]. The van der Waals surface area contributed by atoms with Crippen molar-refractivity contribution in [3.05, 3.63) is 61.9 Å². The Morgan fingerprint density at radius 1 is 1.32 bits per heavy atom. The fourth-order valence-corrected chi connectivity index (χ4v) is 2.34. The Labute approximate surface area is 151 Å². The number of ether oxygens (including phenoxy) is 2. The van der Waals surface area contributed by atoms with E-state index in [9.17, 15) is 19.3 Å². The number of benzene rings is 2. The van der Waals surface area contributed by atoms with Crippen molar-refractivity contribution in [1.82, 2.24) is 0 Å². The van der Waals surface area contributed by atoms with E-state index in [1.807, 2.05) is 0 Å². The Morgan fingerprint density at radius 2 is 2.04 bits per heavy atom. The molecule has 0 aliphatic rings. The van der Waals surface area contributed by atoms with Gasteiger partial charge in [-0.1, -0.05) is 29.1 Å². The molecule has 6 nitrogen and oxygen atoms in total. The minimum atomic E-state index is -1.02. The molecule has 0 aliphatic carbocycles. The first kappa shape index (κ1) is 18.5. The van der Waals surface area contributed by atoms with E-state index < -0.39 is 28.0 Å². The lowest BCUT2D eigenvalue weighted by atomic mass is 10.1. The molecule has 0 radical (unpaired) electrons. The topological polar surface area (TPSA) is 78.7 Å². The summed E-state index contributed by atoms with van der Waals surface area (Å²) in [6.45, 7) is -0.362. The van der Waals surface area contributed by atoms with Crippen LogP contribution in [0.3, 0.4) is 0 Å². The van der Waals surface area contributed by atoms with E-state index in [1.54, 1.807) is 0 Å². The lowest BCUT2D eigenvalue weighted by Crippen LogP contribution is -2.08. The van der Waals surface area contributed by atoms with Crippen LogP contribution in [0.25, 0.3) is 0 Å². The molecule has 0 atom stereocenters. The molecule has 2 aromatic carbocycles. The van der Waals surface area contributed by atoms with Crippen molar-refractivity contribution in [2.24, 2.45) is 0 Å². The fraction of sp³-hybridized carbons (Fsp3) is 0.0625. The quantitative estimate of drug-likeness (QED) is 0.325. The van der Waals surface area contributed by atoms with Gasteiger partial charge in [-0.15, -0.1) is 6.42 Å². The second-order valence-corrected chi connectivity index (χ2v) is 5.36. The Hall–Kier alpha value is -2.82. The molecule has 2 aromatic rings. The second-order valence-electron chi connectivity index (χ2n) is 4.52. The minimum Gasteiger partial charge on any atom is -0.453 e. The first-order chi connectivity index (χ1) is 11.8. The molecule has 0 amide bonds. The number of carbonyl (C=O) groups excluding carboxylic acids is 1. The van der Waals surface area contributed by atoms with Gasteiger partial charge in [0, 0.05) is 17.2 Å². The standard InChI is InChI=1S/C16H8Cl2FNO5/c1-2-5-24-16(21)11-8-10(3-4-14(11)20(22)23)25-15-12(18)6-9(17)7-13(15)19/h1,3-4,6-8H,5H2. The zero-order valence-electron chi connectivity index (χ0n) is 12.3. The zero-order chi connectivity index (χ0) is 18.6. The van der Waals surface area contributed by atoms with Crippen LogP contribution in [-0.4, -0.2) is 17.5 Å². The third kappa shape index (κ3) is 4.38. The van der Waals surface area contributed by atoms with Gasteiger partial charge in [-0.2, -0.15) is 0 Å². The number of hydrogen-bond donors (Lipinski definition) is 0. The van der Waals surface area contributed by atoms with Crippen molar-refractivity contribution < 1.29 is 23.6 Å². The van der Waals surface area contributed by atoms with Crippen molar-refractivity contribution in [2.75, 3.05) is 6.61 Å². The number of rotatable bonds is 5. The van der Waals surface area contributed by atoms with Gasteiger partial charge in [-0.3, -0.25) is 10.1 Å². The van der Waals surface area contributed by atoms with Gasteiger partial charge in [0.25, 0.3) is 5.69 Å². The molecule has 0 heterocycles. The predicted molar refractivity (Wildman–Crippen MR) is 88.7 cm³/mol. The monoisotopic (exact) mass is 383 g/mol. The number of nitro benzene ring substituents is 1. The summed E-state index contributed by atoms with van der Waals surface area (Å²) in [7, 11) is 0. The molecule has 0 unspecified atom stereocenters. The maximum Gasteiger partial charge on any atom is 0.346 e. The van der Waals surface area contributed by atoms with Gasteiger partial charge in [0.05, 0.1) is 9.95 Å². The van der Waals surface area contributed by atoms with E-state index in [4.69, 9.17) is 34.4 Å². The highest BCUT2D eigenvalue weighted by Gasteiger charge is 2.23. The average Bonchev–Trinajstić information content (AvgIpc) is 2.55. The van der Waals surface area contributed by atoms with Gasteiger partial charge in [-0.25, -0.2) is 9.18 Å². The lowest BCUT2D eigenvalue weighted by molar-refractivity contribution is -0.385. The number of nitrogens with zero attached hydrogens (tertiary/aromatic N) is 1. The summed E-state index contributed by atoms with van der Waals surface area (Å²) >= 11 is 11.5. The van der Waals surface area contributed by atoms with Crippen LogP contribution in [0.2, 0.25) is 10.0 Å². The number of hydrogen-bond acceptors (Lipinski definition) is 5. The molecular weight excluding hydrogens is 376 g/mol. The molecule has 0 spiro atoms. The largest absolute Gasteiger partial charge is 0.453 e. The van der Waals surface area contributed by atoms with Crippen LogP contribution >= 0.6 is 23.2 Å². The maximum absolute atomic E-state index is 13.9. The third-order valence-corrected chi connectivity index (χ3v) is 3.35. The summed E-state index contributed by atoms with van der Waals surface area (Å²) in [5, 5.41) is 11.0. The number of halogens is 3. The number of nitro groups is 1. The Bertz CT molecular complexity index is 872. The van der Waals surface area contributed by atoms with E-state index in [1.165, 1.54) is 12.1 Å². The molecule has 9 heteroatoms. The first-order valence-electron chi connectivity index (χ1n) is 6.55. The third-order valence-electron chi connectivity index (χ3n) is 2.85. The molecule has 0 saturated carbocycles. The Morgan fingerprint density at radius 3 is 2.64 bits per heavy atom. The van der Waals surface area contributed by atoms with Crippen molar-refractivity contribution >= 4 is 34.9 Å². The molecule has 0 fully saturated rings. The van der Waals surface area contributed by atoms with Crippen LogP contribution in [0.15, 0.2) is 30.3 Å². The Kier molecular flexibility index (Phi) is 5.80. The summed E-state index contributed by atoms with van der Waals surface area (Å²) in [4.78, 5) is 22.2. The van der Waals surface area contributed by atoms with Crippen LogP contribution in [0, 0.1) is 28.3 Å². The predicted octanol–water partition coefficient (Wildman–Crippen LogP) is 4.62. The summed E-state index contributed by atoms with van der Waals surface area (Å²) in [6, 6.07) is 5.47. The van der Waals surface area contributed by atoms with Crippen LogP contribution in [0.1, 0.15) is 10.4 Å². The van der Waals surface area contributed by atoms with Crippen LogP contribution in [0.4, 0.5) is 10.1 Å². The van der Waals surface area contributed by atoms with Gasteiger partial charge >= 0.3 is 5.97 Å². The number of carbonyl (C=O) groups is 1. The molecule has 0 saturated heterocycles. The van der Waals surface area contributed by atoms with Crippen molar-refractivity contribution in [3.63, 3.8) is 0 Å². The highest BCUT2D eigenvalue weighted by Crippen LogP contribution is 2.36. The van der Waals surface area contributed by atoms with E-state index in [-0.39, 0.29) is 28.2 Å². The number of terminal acetylenes is 1. The first-order valence-corrected chi connectivity index (χ1v) is 7.30. The summed E-state index contributed by atoms with van der Waals surface area (Å²) in [6.07, 6.45) is 4.98. The number of esters is 1. The van der Waals surface area contributed by atoms with Crippen molar-refractivity contribution in [3.8, 4) is 23.8 Å². The molecule has 0 N–H and O–H groups in total. The molecule has 0 aromatic heterocycles. The minimum absolute atomic E-state index is 0.0668. The fourth-order valence-electron chi connectivity index (χ4n) is 1.83. The van der Waals surface area contributed by atoms with Gasteiger partial charge in [0.1, 0.15) is 11.3 Å². The van der Waals surface area contributed by atoms with E-state index in [0.29, 0.717) is 0 Å². The van der Waals surface area contributed by atoms with E-state index >= 15 is 0 Å². The second kappa shape index (κ2) is 7.83. The van der Waals surface area contributed by atoms with E-state index in [2.05, 4.69) is 10.7 Å². The van der Waals surface area contributed by atoms with Gasteiger partial charge in [-0.05, 0) is 18.2 Å². The zero-order valence-corrected chi connectivity index (χ0v) is 13.8. The normalized spacial score (nSPS) is 10.0. The molecule has 25 heavy (non-hydrogen) atoms. The van der Waals surface area contributed by atoms with E-state index in [0.717, 1.165) is 18.2 Å².